The molecule has 2 aromatic rings. The highest BCUT2D eigenvalue weighted by atomic mass is 32.2. The Bertz CT molecular complexity index is 1040. The third kappa shape index (κ3) is 6.54. The third-order valence-corrected chi connectivity index (χ3v) is 5.54. The van der Waals surface area contributed by atoms with Gasteiger partial charge in [-0.1, -0.05) is 6.07 Å². The summed E-state index contributed by atoms with van der Waals surface area (Å²) in [7, 11) is 2.15. The first-order valence-corrected chi connectivity index (χ1v) is 10.8. The molecule has 2 rings (SSSR count). The van der Waals surface area contributed by atoms with E-state index in [1.165, 1.54) is 40.6 Å². The number of carboxylic acids is 1. The Morgan fingerprint density at radius 2 is 1.58 bits per heavy atom. The van der Waals surface area contributed by atoms with Crippen molar-refractivity contribution in [2.45, 2.75) is 5.75 Å². The van der Waals surface area contributed by atoms with Crippen LogP contribution in [0.1, 0.15) is 11.1 Å². The summed E-state index contributed by atoms with van der Waals surface area (Å²) < 4.78 is 46.3. The normalized spacial score (nSPS) is 11.2. The van der Waals surface area contributed by atoms with Crippen LogP contribution in [0.5, 0.6) is 23.0 Å². The lowest BCUT2D eigenvalue weighted by molar-refractivity contribution is -0.302. The summed E-state index contributed by atoms with van der Waals surface area (Å²) in [5.74, 6) is 0.0511. The van der Waals surface area contributed by atoms with Crippen LogP contribution in [-0.2, 0) is 20.4 Å². The summed E-state index contributed by atoms with van der Waals surface area (Å²) >= 11 is 0. The molecule has 0 aliphatic carbocycles. The van der Waals surface area contributed by atoms with Crippen molar-refractivity contribution in [3.63, 3.8) is 0 Å². The monoisotopic (exact) mass is 450 g/mol. The van der Waals surface area contributed by atoms with Gasteiger partial charge in [0.15, 0.2) is 9.84 Å². The Kier molecular flexibility index (Phi) is 8.14. The predicted molar refractivity (Wildman–Crippen MR) is 114 cm³/mol. The van der Waals surface area contributed by atoms with Crippen LogP contribution in [0.4, 0.5) is 5.69 Å². The Morgan fingerprint density at radius 3 is 2.10 bits per heavy atom. The van der Waals surface area contributed by atoms with E-state index in [1.807, 2.05) is 0 Å². The predicted octanol–water partition coefficient (Wildman–Crippen LogP) is 1.47. The number of hydrogen-bond acceptors (Lipinski definition) is 9. The molecule has 0 spiro atoms. The van der Waals surface area contributed by atoms with E-state index in [4.69, 9.17) is 18.9 Å². The Morgan fingerprint density at radius 1 is 0.968 bits per heavy atom. The largest absolute Gasteiger partial charge is 0.548 e. The van der Waals surface area contributed by atoms with Gasteiger partial charge in [0, 0.05) is 17.5 Å². The van der Waals surface area contributed by atoms with E-state index in [0.717, 1.165) is 5.41 Å². The van der Waals surface area contributed by atoms with Crippen molar-refractivity contribution in [1.82, 2.24) is 0 Å². The van der Waals surface area contributed by atoms with Crippen molar-refractivity contribution in [3.8, 4) is 23.0 Å². The molecule has 0 saturated heterocycles. The second kappa shape index (κ2) is 10.6. The number of carbonyl (C=O) groups excluding carboxylic acids is 1. The minimum Gasteiger partial charge on any atom is -0.548 e. The van der Waals surface area contributed by atoms with E-state index in [1.54, 1.807) is 24.3 Å². The topological polar surface area (TPSA) is 123 Å². The van der Waals surface area contributed by atoms with E-state index in [2.05, 4.69) is 5.32 Å². The number of carboxylic acid groups (broad SMARTS) is 1. The maximum absolute atomic E-state index is 12.7. The maximum atomic E-state index is 12.7. The first-order valence-electron chi connectivity index (χ1n) is 9.04. The molecule has 0 unspecified atom stereocenters. The van der Waals surface area contributed by atoms with Crippen LogP contribution in [-0.4, -0.2) is 49.4 Å². The highest BCUT2D eigenvalue weighted by Crippen LogP contribution is 2.35. The van der Waals surface area contributed by atoms with Crippen molar-refractivity contribution < 1.29 is 37.3 Å². The van der Waals surface area contributed by atoms with Crippen LogP contribution in [0.15, 0.2) is 35.7 Å². The highest BCUT2D eigenvalue weighted by molar-refractivity contribution is 7.93. The van der Waals surface area contributed by atoms with Crippen LogP contribution in [0.3, 0.4) is 0 Å². The lowest BCUT2D eigenvalue weighted by atomic mass is 10.1. The Labute approximate surface area is 181 Å². The number of benzene rings is 2. The molecule has 0 aliphatic rings. The van der Waals surface area contributed by atoms with Gasteiger partial charge in [-0.25, -0.2) is 8.42 Å². The molecule has 0 amide bonds. The first-order chi connectivity index (χ1) is 14.7. The average molecular weight is 450 g/mol. The number of rotatable bonds is 11. The zero-order valence-corrected chi connectivity index (χ0v) is 18.4. The summed E-state index contributed by atoms with van der Waals surface area (Å²) in [5, 5.41) is 14.4. The fraction of sp³-hybridized carbons (Fsp3) is 0.286. The smallest absolute Gasteiger partial charge is 0.175 e. The summed E-state index contributed by atoms with van der Waals surface area (Å²) in [5.41, 5.74) is 1.24. The van der Waals surface area contributed by atoms with Crippen molar-refractivity contribution in [2.75, 3.05) is 40.3 Å². The van der Waals surface area contributed by atoms with E-state index in [0.29, 0.717) is 39.8 Å². The molecule has 0 heterocycles. The van der Waals surface area contributed by atoms with Crippen LogP contribution >= 0.6 is 0 Å². The van der Waals surface area contributed by atoms with Gasteiger partial charge in [-0.2, -0.15) is 0 Å². The minimum atomic E-state index is -3.69. The van der Waals surface area contributed by atoms with Gasteiger partial charge < -0.3 is 34.2 Å². The number of sulfone groups is 1. The quantitative estimate of drug-likeness (QED) is 0.542. The second-order valence-corrected chi connectivity index (χ2v) is 8.20. The van der Waals surface area contributed by atoms with Crippen molar-refractivity contribution in [2.24, 2.45) is 0 Å². The standard InChI is InChI=1S/C21H25NO8S/c1-27-15-10-19(29-3)16(20(11-15)30-4)7-8-31(25,26)13-14-5-6-18(28-2)17(9-14)22-12-21(23)24/h5-11,22H,12-13H2,1-4H3,(H,23,24)/p-1. The van der Waals surface area contributed by atoms with Gasteiger partial charge in [0.1, 0.15) is 23.0 Å². The van der Waals surface area contributed by atoms with E-state index < -0.39 is 22.4 Å². The highest BCUT2D eigenvalue weighted by Gasteiger charge is 2.14. The minimum absolute atomic E-state index is 0.311. The maximum Gasteiger partial charge on any atom is 0.175 e. The van der Waals surface area contributed by atoms with Gasteiger partial charge >= 0.3 is 0 Å². The molecule has 0 fully saturated rings. The van der Waals surface area contributed by atoms with Gasteiger partial charge in [0.2, 0.25) is 0 Å². The van der Waals surface area contributed by atoms with Crippen molar-refractivity contribution >= 4 is 27.6 Å². The molecule has 0 radical (unpaired) electrons. The zero-order chi connectivity index (χ0) is 23.0. The molecule has 0 saturated carbocycles. The van der Waals surface area contributed by atoms with Crippen LogP contribution < -0.4 is 29.4 Å². The zero-order valence-electron chi connectivity index (χ0n) is 17.6. The molecule has 0 aromatic heterocycles. The second-order valence-electron chi connectivity index (χ2n) is 6.32. The van der Waals surface area contributed by atoms with Gasteiger partial charge in [-0.3, -0.25) is 0 Å². The Balaban J connectivity index is 2.31. The number of carbonyl (C=O) groups is 1. The average Bonchev–Trinajstić information content (AvgIpc) is 2.75. The third-order valence-electron chi connectivity index (χ3n) is 4.25. The Hall–Kier alpha value is -3.40. The number of hydrogen-bond donors (Lipinski definition) is 1. The molecule has 10 heteroatoms. The molecule has 0 bridgehead atoms. The molecule has 0 atom stereocenters. The fourth-order valence-electron chi connectivity index (χ4n) is 2.80. The fourth-order valence-corrected chi connectivity index (χ4v) is 3.88. The SMILES string of the molecule is COc1cc(OC)c(C=CS(=O)(=O)Cc2ccc(OC)c(NCC(=O)[O-])c2)c(OC)c1. The van der Waals surface area contributed by atoms with Crippen LogP contribution in [0.2, 0.25) is 0 Å². The van der Waals surface area contributed by atoms with Crippen molar-refractivity contribution in [3.05, 3.63) is 46.9 Å². The molecule has 31 heavy (non-hydrogen) atoms. The molecule has 9 nitrogen and oxygen atoms in total. The number of anilines is 1. The number of nitrogens with one attached hydrogen (secondary N) is 1. The van der Waals surface area contributed by atoms with Gasteiger partial charge in [-0.05, 0) is 23.8 Å². The summed E-state index contributed by atoms with van der Waals surface area (Å²) in [6.07, 6.45) is 1.39. The first kappa shape index (κ1) is 23.9. The number of ether oxygens (including phenoxy) is 4. The number of methoxy groups -OCH3 is 4. The molecular weight excluding hydrogens is 426 g/mol. The molecule has 2 aromatic carbocycles. The number of aliphatic carboxylic acids is 1. The molecular formula is C21H24NO8S-. The van der Waals surface area contributed by atoms with E-state index in [-0.39, 0.29) is 5.75 Å². The van der Waals surface area contributed by atoms with Crippen LogP contribution in [0.25, 0.3) is 6.08 Å². The lowest BCUT2D eigenvalue weighted by Gasteiger charge is -2.13. The lowest BCUT2D eigenvalue weighted by Crippen LogP contribution is -2.30. The van der Waals surface area contributed by atoms with Crippen LogP contribution in [0, 0.1) is 0 Å². The summed E-state index contributed by atoms with van der Waals surface area (Å²) in [4.78, 5) is 10.7. The molecule has 0 aliphatic heterocycles. The molecule has 168 valence electrons. The van der Waals surface area contributed by atoms with Crippen molar-refractivity contribution in [1.29, 1.82) is 0 Å². The van der Waals surface area contributed by atoms with Gasteiger partial charge in [0.25, 0.3) is 0 Å². The summed E-state index contributed by atoms with van der Waals surface area (Å²) in [6.45, 7) is -0.441. The molecule has 1 N–H and O–H groups in total. The van der Waals surface area contributed by atoms with Gasteiger partial charge in [0.05, 0.1) is 58.0 Å². The van der Waals surface area contributed by atoms with E-state index >= 15 is 0 Å². The summed E-state index contributed by atoms with van der Waals surface area (Å²) in [6, 6.07) is 7.90. The van der Waals surface area contributed by atoms with E-state index in [9.17, 15) is 18.3 Å². The van der Waals surface area contributed by atoms with Gasteiger partial charge in [-0.15, -0.1) is 0 Å².